The number of rotatable bonds is 0. The van der Waals surface area contributed by atoms with Crippen LogP contribution in [-0.4, -0.2) is 15.5 Å². The zero-order chi connectivity index (χ0) is 10.3. The van der Waals surface area contributed by atoms with Gasteiger partial charge in [0.05, 0.1) is 5.92 Å². The molecular weight excluding hydrogens is 188 g/mol. The van der Waals surface area contributed by atoms with E-state index in [0.29, 0.717) is 5.92 Å². The van der Waals surface area contributed by atoms with Crippen molar-refractivity contribution in [1.29, 1.82) is 0 Å². The van der Waals surface area contributed by atoms with Crippen molar-refractivity contribution in [3.8, 4) is 0 Å². The van der Waals surface area contributed by atoms with E-state index in [-0.39, 0.29) is 0 Å². The maximum atomic E-state index is 11.9. The quantitative estimate of drug-likeness (QED) is 0.468. The number of hydrogen-bond acceptors (Lipinski definition) is 1. The molecule has 0 fully saturated rings. The fourth-order valence-electron chi connectivity index (χ4n) is 2.53. The lowest BCUT2D eigenvalue weighted by atomic mass is 9.92. The van der Waals surface area contributed by atoms with Gasteiger partial charge in [-0.15, -0.1) is 0 Å². The molecule has 0 N–H and O–H groups in total. The van der Waals surface area contributed by atoms with Crippen LogP contribution in [0.15, 0.2) is 30.1 Å². The highest BCUT2D eigenvalue weighted by molar-refractivity contribution is 5.74. The normalized spacial score (nSPS) is 24.7. The zero-order valence-corrected chi connectivity index (χ0v) is 8.60. The van der Waals surface area contributed by atoms with E-state index in [0.717, 1.165) is 35.5 Å². The Morgan fingerprint density at radius 3 is 3.33 bits per heavy atom. The molecule has 0 saturated carbocycles. The van der Waals surface area contributed by atoms with Crippen molar-refractivity contribution in [3.63, 3.8) is 0 Å². The molecule has 3 rings (SSSR count). The highest BCUT2D eigenvalue weighted by Crippen LogP contribution is 2.28. The zero-order valence-electron chi connectivity index (χ0n) is 8.60. The maximum Gasteiger partial charge on any atom is 0.204 e. The van der Waals surface area contributed by atoms with Gasteiger partial charge in [0.25, 0.3) is 0 Å². The third-order valence-corrected chi connectivity index (χ3v) is 3.31. The van der Waals surface area contributed by atoms with Crippen molar-refractivity contribution in [3.05, 3.63) is 41.0 Å². The third kappa shape index (κ3) is 1.39. The minimum absolute atomic E-state index is 0.404. The van der Waals surface area contributed by atoms with Crippen LogP contribution in [0.25, 0.3) is 0 Å². The van der Waals surface area contributed by atoms with Gasteiger partial charge in [0.1, 0.15) is 5.69 Å². The summed E-state index contributed by atoms with van der Waals surface area (Å²) in [7, 11) is 0. The summed E-state index contributed by atoms with van der Waals surface area (Å²) in [6.45, 7) is 0.948. The van der Waals surface area contributed by atoms with Crippen LogP contribution >= 0.6 is 0 Å². The molecule has 0 amide bonds. The van der Waals surface area contributed by atoms with Crippen molar-refractivity contribution in [2.75, 3.05) is 0 Å². The fraction of sp³-hybridized carbons (Fsp3) is 0.417. The molecule has 0 radical (unpaired) electrons. The SMILES string of the molecule is [O-][N+]1=Cc2cccn2C[C@@H]2CCCC=C21. The van der Waals surface area contributed by atoms with Crippen molar-refractivity contribution in [2.45, 2.75) is 25.8 Å². The number of nitrogens with zero attached hydrogens (tertiary/aromatic N) is 2. The van der Waals surface area contributed by atoms with E-state index in [2.05, 4.69) is 16.8 Å². The van der Waals surface area contributed by atoms with Gasteiger partial charge in [-0.3, -0.25) is 0 Å². The van der Waals surface area contributed by atoms with E-state index in [1.54, 1.807) is 6.21 Å². The summed E-state index contributed by atoms with van der Waals surface area (Å²) >= 11 is 0. The first kappa shape index (κ1) is 8.77. The average molecular weight is 202 g/mol. The molecule has 3 nitrogen and oxygen atoms in total. The van der Waals surface area contributed by atoms with E-state index in [1.165, 1.54) is 6.42 Å². The fourth-order valence-corrected chi connectivity index (χ4v) is 2.53. The summed E-state index contributed by atoms with van der Waals surface area (Å²) in [6.07, 6.45) is 9.24. The largest absolute Gasteiger partial charge is 0.618 e. The number of aromatic nitrogens is 1. The minimum Gasteiger partial charge on any atom is -0.618 e. The summed E-state index contributed by atoms with van der Waals surface area (Å²) in [4.78, 5) is 0. The van der Waals surface area contributed by atoms with Crippen molar-refractivity contribution in [2.24, 2.45) is 5.92 Å². The molecule has 2 aliphatic rings. The second-order valence-electron chi connectivity index (χ2n) is 4.30. The molecule has 0 saturated heterocycles. The second kappa shape index (κ2) is 3.26. The number of fused-ring (bicyclic) bond motifs is 2. The first-order valence-electron chi connectivity index (χ1n) is 5.51. The maximum absolute atomic E-state index is 11.9. The van der Waals surface area contributed by atoms with Crippen LogP contribution in [0.1, 0.15) is 25.0 Å². The van der Waals surface area contributed by atoms with Gasteiger partial charge in [-0.05, 0) is 37.5 Å². The van der Waals surface area contributed by atoms with E-state index in [1.807, 2.05) is 12.1 Å². The first-order chi connectivity index (χ1) is 7.34. The van der Waals surface area contributed by atoms with Gasteiger partial charge in [-0.2, -0.15) is 4.74 Å². The highest BCUT2D eigenvalue weighted by atomic mass is 16.5. The molecule has 0 spiro atoms. The molecule has 0 bridgehead atoms. The highest BCUT2D eigenvalue weighted by Gasteiger charge is 2.27. The van der Waals surface area contributed by atoms with Gasteiger partial charge in [-0.1, -0.05) is 0 Å². The molecule has 1 aliphatic carbocycles. The summed E-state index contributed by atoms with van der Waals surface area (Å²) in [5.41, 5.74) is 1.98. The Hall–Kier alpha value is -1.51. The molecule has 3 heteroatoms. The Morgan fingerprint density at radius 2 is 2.40 bits per heavy atom. The minimum atomic E-state index is 0.404. The molecule has 1 aromatic heterocycles. The van der Waals surface area contributed by atoms with Crippen LogP contribution < -0.4 is 0 Å². The second-order valence-corrected chi connectivity index (χ2v) is 4.30. The Kier molecular flexibility index (Phi) is 1.91. The summed E-state index contributed by atoms with van der Waals surface area (Å²) < 4.78 is 3.23. The monoisotopic (exact) mass is 202 g/mol. The average Bonchev–Trinajstić information content (AvgIpc) is 2.61. The van der Waals surface area contributed by atoms with Gasteiger partial charge >= 0.3 is 0 Å². The van der Waals surface area contributed by atoms with Gasteiger partial charge in [0.15, 0.2) is 5.70 Å². The molecule has 1 aromatic rings. The third-order valence-electron chi connectivity index (χ3n) is 3.31. The number of hydrogen-bond donors (Lipinski definition) is 0. The van der Waals surface area contributed by atoms with Crippen LogP contribution in [0.4, 0.5) is 0 Å². The number of hydroxylamine groups is 1. The predicted molar refractivity (Wildman–Crippen MR) is 58.6 cm³/mol. The Balaban J connectivity index is 2.09. The van der Waals surface area contributed by atoms with Crippen LogP contribution in [0.2, 0.25) is 0 Å². The molecule has 1 atom stereocenters. The molecule has 2 heterocycles. The van der Waals surface area contributed by atoms with Crippen LogP contribution in [0.3, 0.4) is 0 Å². The lowest BCUT2D eigenvalue weighted by Crippen LogP contribution is -2.18. The van der Waals surface area contributed by atoms with Gasteiger partial charge in [-0.25, -0.2) is 0 Å². The summed E-state index contributed by atoms with van der Waals surface area (Å²) in [5, 5.41) is 11.9. The van der Waals surface area contributed by atoms with Gasteiger partial charge < -0.3 is 9.77 Å². The Bertz CT molecular complexity index is 442. The van der Waals surface area contributed by atoms with E-state index in [4.69, 9.17) is 0 Å². The van der Waals surface area contributed by atoms with Crippen LogP contribution in [0, 0.1) is 11.1 Å². The summed E-state index contributed by atoms with van der Waals surface area (Å²) in [6, 6.07) is 3.99. The van der Waals surface area contributed by atoms with E-state index < -0.39 is 0 Å². The van der Waals surface area contributed by atoms with E-state index in [9.17, 15) is 5.21 Å². The standard InChI is InChI=1S/C12H14N2O/c15-14-9-11-5-3-7-13(11)8-10-4-1-2-6-12(10)14/h3,5-7,9-10H,1-2,4,8H2/t10-/m0/s1. The molecule has 1 aliphatic heterocycles. The van der Waals surface area contributed by atoms with Gasteiger partial charge in [0, 0.05) is 12.7 Å². The number of allylic oxidation sites excluding steroid dienone is 2. The lowest BCUT2D eigenvalue weighted by molar-refractivity contribution is -0.406. The Morgan fingerprint density at radius 1 is 1.47 bits per heavy atom. The van der Waals surface area contributed by atoms with E-state index >= 15 is 0 Å². The summed E-state index contributed by atoms with van der Waals surface area (Å²) in [5.74, 6) is 0.404. The van der Waals surface area contributed by atoms with Crippen molar-refractivity contribution in [1.82, 2.24) is 4.57 Å². The van der Waals surface area contributed by atoms with Crippen molar-refractivity contribution < 1.29 is 4.74 Å². The first-order valence-corrected chi connectivity index (χ1v) is 5.51. The molecular formula is C12H14N2O. The Labute approximate surface area is 88.9 Å². The van der Waals surface area contributed by atoms with Crippen molar-refractivity contribution >= 4 is 6.21 Å². The van der Waals surface area contributed by atoms with Gasteiger partial charge in [0.2, 0.25) is 6.21 Å². The smallest absolute Gasteiger partial charge is 0.204 e. The molecule has 78 valence electrons. The molecule has 0 unspecified atom stereocenters. The van der Waals surface area contributed by atoms with Crippen LogP contribution in [-0.2, 0) is 6.54 Å². The lowest BCUT2D eigenvalue weighted by Gasteiger charge is -2.20. The topological polar surface area (TPSA) is 31.0 Å². The molecule has 15 heavy (non-hydrogen) atoms. The predicted octanol–water partition coefficient (Wildman–Crippen LogP) is 2.11. The van der Waals surface area contributed by atoms with Crippen LogP contribution in [0.5, 0.6) is 0 Å². The molecule has 0 aromatic carbocycles.